The molecule has 3 aromatic rings. The predicted octanol–water partition coefficient (Wildman–Crippen LogP) is 3.66. The molecule has 1 aromatic heterocycles. The van der Waals surface area contributed by atoms with Crippen LogP contribution in [0.3, 0.4) is 0 Å². The van der Waals surface area contributed by atoms with Gasteiger partial charge in [0.15, 0.2) is 11.5 Å². The van der Waals surface area contributed by atoms with E-state index < -0.39 is 5.97 Å². The van der Waals surface area contributed by atoms with E-state index in [4.69, 9.17) is 14.2 Å². The number of ether oxygens (including phenoxy) is 3. The molecule has 0 spiro atoms. The summed E-state index contributed by atoms with van der Waals surface area (Å²) in [6.07, 6.45) is 0. The standard InChI is InChI=1S/C21H20N4O4/c1-13-9-19(24-16-6-4-3-5-15(16)20(26)27-2)25-21(23-13)22-11-14-7-8-17-18(10-14)29-12-28-17/h3-10H,11-12H2,1-2H3,(H2,22,23,24,25). The Kier molecular flexibility index (Phi) is 5.15. The Bertz CT molecular complexity index is 1050. The molecule has 8 heteroatoms. The number of aromatic nitrogens is 2. The maximum Gasteiger partial charge on any atom is 0.339 e. The second kappa shape index (κ2) is 8.05. The highest BCUT2D eigenvalue weighted by Crippen LogP contribution is 2.32. The van der Waals surface area contributed by atoms with Gasteiger partial charge in [0.05, 0.1) is 18.4 Å². The third kappa shape index (κ3) is 4.21. The molecule has 148 valence electrons. The second-order valence-corrected chi connectivity index (χ2v) is 6.42. The lowest BCUT2D eigenvalue weighted by Gasteiger charge is -2.12. The highest BCUT2D eigenvalue weighted by molar-refractivity contribution is 5.96. The van der Waals surface area contributed by atoms with Crippen molar-refractivity contribution in [1.82, 2.24) is 9.97 Å². The van der Waals surface area contributed by atoms with Crippen molar-refractivity contribution in [1.29, 1.82) is 0 Å². The first-order valence-corrected chi connectivity index (χ1v) is 9.05. The van der Waals surface area contributed by atoms with Crippen LogP contribution >= 0.6 is 0 Å². The van der Waals surface area contributed by atoms with Crippen molar-refractivity contribution in [3.63, 3.8) is 0 Å². The van der Waals surface area contributed by atoms with Crippen LogP contribution in [0.4, 0.5) is 17.5 Å². The number of carbonyl (C=O) groups excluding carboxylic acids is 1. The van der Waals surface area contributed by atoms with Crippen LogP contribution in [0.15, 0.2) is 48.5 Å². The smallest absolute Gasteiger partial charge is 0.339 e. The monoisotopic (exact) mass is 392 g/mol. The van der Waals surface area contributed by atoms with Gasteiger partial charge < -0.3 is 24.8 Å². The molecule has 0 bridgehead atoms. The fourth-order valence-corrected chi connectivity index (χ4v) is 2.96. The summed E-state index contributed by atoms with van der Waals surface area (Å²) >= 11 is 0. The number of fused-ring (bicyclic) bond motifs is 1. The van der Waals surface area contributed by atoms with E-state index in [1.165, 1.54) is 7.11 Å². The zero-order chi connectivity index (χ0) is 20.2. The molecular weight excluding hydrogens is 372 g/mol. The Hall–Kier alpha value is -3.81. The van der Waals surface area contributed by atoms with Gasteiger partial charge in [-0.1, -0.05) is 18.2 Å². The Morgan fingerprint density at radius 1 is 1.10 bits per heavy atom. The Balaban J connectivity index is 1.50. The zero-order valence-corrected chi connectivity index (χ0v) is 16.1. The van der Waals surface area contributed by atoms with Crippen LogP contribution in [0.25, 0.3) is 0 Å². The molecule has 0 fully saturated rings. The number of para-hydroxylation sites is 1. The van der Waals surface area contributed by atoms with Crippen molar-refractivity contribution in [2.24, 2.45) is 0 Å². The number of hydrogen-bond donors (Lipinski definition) is 2. The first-order chi connectivity index (χ1) is 14.1. The lowest BCUT2D eigenvalue weighted by atomic mass is 10.2. The minimum absolute atomic E-state index is 0.245. The number of benzene rings is 2. The summed E-state index contributed by atoms with van der Waals surface area (Å²) in [5, 5.41) is 6.39. The third-order valence-electron chi connectivity index (χ3n) is 4.34. The average molecular weight is 392 g/mol. The fraction of sp³-hybridized carbons (Fsp3) is 0.190. The fourth-order valence-electron chi connectivity index (χ4n) is 2.96. The number of esters is 1. The molecular formula is C21H20N4O4. The number of rotatable bonds is 6. The van der Waals surface area contributed by atoms with Crippen molar-refractivity contribution in [3.05, 3.63) is 65.4 Å². The zero-order valence-electron chi connectivity index (χ0n) is 16.1. The predicted molar refractivity (Wildman–Crippen MR) is 108 cm³/mol. The van der Waals surface area contributed by atoms with Crippen LogP contribution in [-0.4, -0.2) is 29.8 Å². The molecule has 1 aliphatic rings. The molecule has 0 amide bonds. The second-order valence-electron chi connectivity index (χ2n) is 6.42. The molecule has 2 aromatic carbocycles. The molecule has 2 N–H and O–H groups in total. The molecule has 0 saturated heterocycles. The van der Waals surface area contributed by atoms with E-state index in [1.54, 1.807) is 24.3 Å². The van der Waals surface area contributed by atoms with E-state index in [0.717, 1.165) is 22.8 Å². The molecule has 2 heterocycles. The van der Waals surface area contributed by atoms with E-state index >= 15 is 0 Å². The van der Waals surface area contributed by atoms with E-state index in [2.05, 4.69) is 20.6 Å². The summed E-state index contributed by atoms with van der Waals surface area (Å²) < 4.78 is 15.6. The van der Waals surface area contributed by atoms with Crippen molar-refractivity contribution < 1.29 is 19.0 Å². The SMILES string of the molecule is COC(=O)c1ccccc1Nc1cc(C)nc(NCc2ccc3c(c2)OCO3)n1. The van der Waals surface area contributed by atoms with Crippen molar-refractivity contribution >= 4 is 23.4 Å². The highest BCUT2D eigenvalue weighted by Gasteiger charge is 2.14. The van der Waals surface area contributed by atoms with Gasteiger partial charge in [-0.3, -0.25) is 0 Å². The molecule has 4 rings (SSSR count). The number of anilines is 3. The van der Waals surface area contributed by atoms with E-state index in [1.807, 2.05) is 31.2 Å². The Labute approximate surface area is 167 Å². The van der Waals surface area contributed by atoms with Gasteiger partial charge in [-0.25, -0.2) is 9.78 Å². The molecule has 0 atom stereocenters. The van der Waals surface area contributed by atoms with E-state index in [9.17, 15) is 4.79 Å². The van der Waals surface area contributed by atoms with Crippen molar-refractivity contribution in [3.8, 4) is 11.5 Å². The van der Waals surface area contributed by atoms with Crippen LogP contribution in [0.1, 0.15) is 21.6 Å². The third-order valence-corrected chi connectivity index (χ3v) is 4.34. The van der Waals surface area contributed by atoms with E-state index in [-0.39, 0.29) is 6.79 Å². The summed E-state index contributed by atoms with van der Waals surface area (Å²) in [6.45, 7) is 2.65. The van der Waals surface area contributed by atoms with Gasteiger partial charge >= 0.3 is 5.97 Å². The number of hydrogen-bond acceptors (Lipinski definition) is 8. The van der Waals surface area contributed by atoms with Crippen LogP contribution < -0.4 is 20.1 Å². The van der Waals surface area contributed by atoms with Crippen molar-refractivity contribution in [2.45, 2.75) is 13.5 Å². The Morgan fingerprint density at radius 3 is 2.79 bits per heavy atom. The van der Waals surface area contributed by atoms with Crippen LogP contribution in [0.2, 0.25) is 0 Å². The van der Waals surface area contributed by atoms with Crippen LogP contribution in [0, 0.1) is 6.92 Å². The maximum atomic E-state index is 12.0. The lowest BCUT2D eigenvalue weighted by molar-refractivity contribution is 0.0602. The molecule has 8 nitrogen and oxygen atoms in total. The van der Waals surface area contributed by atoms with E-state index in [0.29, 0.717) is 29.6 Å². The number of nitrogens with zero attached hydrogens (tertiary/aromatic N) is 2. The molecule has 0 saturated carbocycles. The summed E-state index contributed by atoms with van der Waals surface area (Å²) in [7, 11) is 1.35. The largest absolute Gasteiger partial charge is 0.465 e. The van der Waals surface area contributed by atoms with Gasteiger partial charge in [0.2, 0.25) is 12.7 Å². The minimum atomic E-state index is -0.417. The average Bonchev–Trinajstić information content (AvgIpc) is 3.19. The first-order valence-electron chi connectivity index (χ1n) is 9.05. The quantitative estimate of drug-likeness (QED) is 0.614. The van der Waals surface area contributed by atoms with Gasteiger partial charge in [-0.15, -0.1) is 0 Å². The minimum Gasteiger partial charge on any atom is -0.465 e. The highest BCUT2D eigenvalue weighted by atomic mass is 16.7. The number of aryl methyl sites for hydroxylation is 1. The lowest BCUT2D eigenvalue weighted by Crippen LogP contribution is -2.08. The topological polar surface area (TPSA) is 94.6 Å². The first kappa shape index (κ1) is 18.5. The maximum absolute atomic E-state index is 12.0. The van der Waals surface area contributed by atoms with Crippen LogP contribution in [-0.2, 0) is 11.3 Å². The summed E-state index contributed by atoms with van der Waals surface area (Å²) in [6, 6.07) is 14.7. The van der Waals surface area contributed by atoms with Crippen LogP contribution in [0.5, 0.6) is 11.5 Å². The number of carbonyl (C=O) groups is 1. The summed E-state index contributed by atoms with van der Waals surface area (Å²) in [5.74, 6) is 2.11. The van der Waals surface area contributed by atoms with Crippen molar-refractivity contribution in [2.75, 3.05) is 24.5 Å². The van der Waals surface area contributed by atoms with Gasteiger partial charge in [-0.2, -0.15) is 4.98 Å². The van der Waals surface area contributed by atoms with Gasteiger partial charge in [0.25, 0.3) is 0 Å². The molecule has 1 aliphatic heterocycles. The summed E-state index contributed by atoms with van der Waals surface area (Å²) in [4.78, 5) is 20.9. The molecule has 0 unspecified atom stereocenters. The number of nitrogens with one attached hydrogen (secondary N) is 2. The molecule has 29 heavy (non-hydrogen) atoms. The Morgan fingerprint density at radius 2 is 1.93 bits per heavy atom. The van der Waals surface area contributed by atoms with Gasteiger partial charge in [0.1, 0.15) is 5.82 Å². The summed E-state index contributed by atoms with van der Waals surface area (Å²) in [5.41, 5.74) is 2.84. The molecule has 0 radical (unpaired) electrons. The van der Waals surface area contributed by atoms with Gasteiger partial charge in [0, 0.05) is 18.3 Å². The number of methoxy groups -OCH3 is 1. The molecule has 0 aliphatic carbocycles. The normalized spacial score (nSPS) is 11.8. The van der Waals surface area contributed by atoms with Gasteiger partial charge in [-0.05, 0) is 36.8 Å².